The van der Waals surface area contributed by atoms with Crippen molar-refractivity contribution in [1.82, 2.24) is 4.98 Å². The van der Waals surface area contributed by atoms with Gasteiger partial charge in [0.05, 0.1) is 0 Å². The van der Waals surface area contributed by atoms with Gasteiger partial charge in [-0.1, -0.05) is 26.3 Å². The lowest BCUT2D eigenvalue weighted by Crippen LogP contribution is -2.12. The van der Waals surface area contributed by atoms with Crippen molar-refractivity contribution in [1.29, 1.82) is 0 Å². The second kappa shape index (κ2) is 4.72. The molecule has 0 fully saturated rings. The van der Waals surface area contributed by atoms with Crippen LogP contribution < -0.4 is 5.44 Å². The largest absolute Gasteiger partial charge is 0.340 e. The Morgan fingerprint density at radius 3 is 2.71 bits per heavy atom. The summed E-state index contributed by atoms with van der Waals surface area (Å²) in [6.07, 6.45) is 2.10. The van der Waals surface area contributed by atoms with E-state index in [1.807, 2.05) is 6.07 Å². The molecule has 0 saturated carbocycles. The average Bonchev–Trinajstić information content (AvgIpc) is 2.19. The van der Waals surface area contributed by atoms with Crippen LogP contribution in [0.25, 0.3) is 0 Å². The molecule has 3 nitrogen and oxygen atoms in total. The number of hydrogen-bond donors (Lipinski definition) is 1. The summed E-state index contributed by atoms with van der Waals surface area (Å²) in [5, 5.41) is 0. The van der Waals surface area contributed by atoms with Crippen molar-refractivity contribution in [2.24, 2.45) is 0 Å². The van der Waals surface area contributed by atoms with Crippen molar-refractivity contribution in [2.75, 3.05) is 6.16 Å². The van der Waals surface area contributed by atoms with E-state index < -0.39 is 7.37 Å². The molecule has 1 atom stereocenters. The third-order valence-corrected chi connectivity index (χ3v) is 3.91. The maximum Gasteiger partial charge on any atom is 0.247 e. The minimum atomic E-state index is -3.19. The molecule has 1 N–H and O–H groups in total. The van der Waals surface area contributed by atoms with Crippen molar-refractivity contribution in [3.8, 4) is 0 Å². The minimum Gasteiger partial charge on any atom is -0.340 e. The lowest BCUT2D eigenvalue weighted by molar-refractivity contribution is 0.490. The summed E-state index contributed by atoms with van der Waals surface area (Å²) >= 11 is 0. The quantitative estimate of drug-likeness (QED) is 0.778. The Hall–Kier alpha value is -0.660. The fourth-order valence-electron chi connectivity index (χ4n) is 1.22. The molecule has 1 aromatic heterocycles. The number of hydrogen-bond acceptors (Lipinski definition) is 2. The summed E-state index contributed by atoms with van der Waals surface area (Å²) in [7, 11) is -3.19. The summed E-state index contributed by atoms with van der Waals surface area (Å²) in [6, 6.07) is 5.32. The zero-order valence-electron chi connectivity index (χ0n) is 8.60. The molecule has 0 saturated heterocycles. The van der Waals surface area contributed by atoms with Crippen LogP contribution in [0.5, 0.6) is 0 Å². The number of pyridine rings is 1. The average molecular weight is 213 g/mol. The molecular formula is C10H16NO2P. The molecule has 78 valence electrons. The van der Waals surface area contributed by atoms with E-state index in [-0.39, 0.29) is 6.16 Å². The molecule has 0 aliphatic carbocycles. The first kappa shape index (κ1) is 11.4. The topological polar surface area (TPSA) is 50.2 Å². The summed E-state index contributed by atoms with van der Waals surface area (Å²) in [4.78, 5) is 13.8. The SMILES string of the molecule is CCCc1cccc(P(=O)(O)CC)n1. The van der Waals surface area contributed by atoms with Crippen molar-refractivity contribution in [3.05, 3.63) is 23.9 Å². The highest BCUT2D eigenvalue weighted by atomic mass is 31.2. The predicted molar refractivity (Wildman–Crippen MR) is 58.2 cm³/mol. The van der Waals surface area contributed by atoms with Gasteiger partial charge in [-0.25, -0.2) is 4.98 Å². The fraction of sp³-hybridized carbons (Fsp3) is 0.500. The van der Waals surface area contributed by atoms with Crippen LogP contribution >= 0.6 is 7.37 Å². The molecule has 0 radical (unpaired) electrons. The second-order valence-corrected chi connectivity index (χ2v) is 5.75. The molecule has 0 spiro atoms. The highest BCUT2D eigenvalue weighted by Gasteiger charge is 2.19. The molecule has 1 rings (SSSR count). The van der Waals surface area contributed by atoms with E-state index in [0.29, 0.717) is 5.44 Å². The van der Waals surface area contributed by atoms with Gasteiger partial charge in [-0.05, 0) is 18.6 Å². The van der Waals surface area contributed by atoms with Gasteiger partial charge in [0.25, 0.3) is 0 Å². The van der Waals surface area contributed by atoms with E-state index in [2.05, 4.69) is 11.9 Å². The Balaban J connectivity index is 2.99. The third kappa shape index (κ3) is 2.66. The van der Waals surface area contributed by atoms with Gasteiger partial charge in [-0.15, -0.1) is 0 Å². The normalized spacial score (nSPS) is 15.1. The predicted octanol–water partition coefficient (Wildman–Crippen LogP) is 1.95. The molecule has 1 unspecified atom stereocenters. The van der Waals surface area contributed by atoms with E-state index in [9.17, 15) is 9.46 Å². The van der Waals surface area contributed by atoms with Gasteiger partial charge in [-0.3, -0.25) is 4.57 Å². The molecule has 0 amide bonds. The summed E-state index contributed by atoms with van der Waals surface area (Å²) < 4.78 is 11.6. The van der Waals surface area contributed by atoms with E-state index in [1.54, 1.807) is 19.1 Å². The summed E-state index contributed by atoms with van der Waals surface area (Å²) in [6.45, 7) is 3.77. The van der Waals surface area contributed by atoms with Crippen molar-refractivity contribution in [2.45, 2.75) is 26.7 Å². The molecule has 0 aliphatic rings. The van der Waals surface area contributed by atoms with E-state index in [1.165, 1.54) is 0 Å². The second-order valence-electron chi connectivity index (χ2n) is 3.25. The first-order chi connectivity index (χ1) is 6.60. The van der Waals surface area contributed by atoms with Gasteiger partial charge in [-0.2, -0.15) is 0 Å². The lowest BCUT2D eigenvalue weighted by atomic mass is 10.2. The van der Waals surface area contributed by atoms with Gasteiger partial charge in [0.15, 0.2) is 0 Å². The zero-order valence-corrected chi connectivity index (χ0v) is 9.50. The van der Waals surface area contributed by atoms with Crippen LogP contribution in [-0.2, 0) is 11.0 Å². The van der Waals surface area contributed by atoms with Gasteiger partial charge in [0, 0.05) is 11.9 Å². The molecule has 14 heavy (non-hydrogen) atoms. The van der Waals surface area contributed by atoms with Crippen LogP contribution in [0.15, 0.2) is 18.2 Å². The standard InChI is InChI=1S/C10H16NO2P/c1-3-6-9-7-5-8-10(11-9)14(12,13)4-2/h5,7-8H,3-4,6H2,1-2H3,(H,12,13). The highest BCUT2D eigenvalue weighted by molar-refractivity contribution is 7.65. The molecule has 1 aromatic rings. The van der Waals surface area contributed by atoms with Crippen LogP contribution in [0.3, 0.4) is 0 Å². The van der Waals surface area contributed by atoms with Gasteiger partial charge < -0.3 is 4.89 Å². The van der Waals surface area contributed by atoms with Gasteiger partial charge in [0.1, 0.15) is 5.44 Å². The molecule has 0 aromatic carbocycles. The lowest BCUT2D eigenvalue weighted by Gasteiger charge is -2.08. The molecule has 0 bridgehead atoms. The van der Waals surface area contributed by atoms with E-state index in [4.69, 9.17) is 0 Å². The Kier molecular flexibility index (Phi) is 3.85. The van der Waals surface area contributed by atoms with Crippen LogP contribution in [0, 0.1) is 0 Å². The third-order valence-electron chi connectivity index (χ3n) is 2.08. The van der Waals surface area contributed by atoms with Crippen molar-refractivity contribution < 1.29 is 9.46 Å². The number of aromatic nitrogens is 1. The number of aryl methyl sites for hydroxylation is 1. The Bertz CT molecular complexity index is 352. The van der Waals surface area contributed by atoms with Crippen molar-refractivity contribution in [3.63, 3.8) is 0 Å². The number of nitrogens with zero attached hydrogens (tertiary/aromatic N) is 1. The summed E-state index contributed by atoms with van der Waals surface area (Å²) in [5.41, 5.74) is 1.23. The molecular weight excluding hydrogens is 197 g/mol. The Labute approximate surface area is 84.6 Å². The first-order valence-corrected chi connectivity index (χ1v) is 6.73. The van der Waals surface area contributed by atoms with Gasteiger partial charge in [0.2, 0.25) is 7.37 Å². The maximum absolute atomic E-state index is 11.6. The Morgan fingerprint density at radius 1 is 1.43 bits per heavy atom. The van der Waals surface area contributed by atoms with Crippen LogP contribution in [-0.4, -0.2) is 16.0 Å². The molecule has 4 heteroatoms. The zero-order chi connectivity index (χ0) is 10.6. The first-order valence-electron chi connectivity index (χ1n) is 4.88. The summed E-state index contributed by atoms with van der Waals surface area (Å²) in [5.74, 6) is 0. The van der Waals surface area contributed by atoms with E-state index in [0.717, 1.165) is 18.5 Å². The van der Waals surface area contributed by atoms with Crippen molar-refractivity contribution >= 4 is 12.8 Å². The minimum absolute atomic E-state index is 0.246. The molecule has 0 aliphatic heterocycles. The smallest absolute Gasteiger partial charge is 0.247 e. The van der Waals surface area contributed by atoms with Crippen LogP contribution in [0.1, 0.15) is 26.0 Å². The highest BCUT2D eigenvalue weighted by Crippen LogP contribution is 2.37. The fourth-order valence-corrected chi connectivity index (χ4v) is 2.15. The van der Waals surface area contributed by atoms with Crippen LogP contribution in [0.2, 0.25) is 0 Å². The monoisotopic (exact) mass is 213 g/mol. The Morgan fingerprint density at radius 2 is 2.14 bits per heavy atom. The van der Waals surface area contributed by atoms with Crippen LogP contribution in [0.4, 0.5) is 0 Å². The molecule has 1 heterocycles. The number of rotatable bonds is 4. The maximum atomic E-state index is 11.6. The van der Waals surface area contributed by atoms with E-state index >= 15 is 0 Å². The van der Waals surface area contributed by atoms with Gasteiger partial charge >= 0.3 is 0 Å².